The molecule has 29 heavy (non-hydrogen) atoms. The minimum absolute atomic E-state index is 0.00494. The van der Waals surface area contributed by atoms with Crippen LogP contribution in [0, 0.1) is 10.1 Å². The number of benzene rings is 1. The molecule has 1 heterocycles. The molecule has 0 saturated carbocycles. The summed E-state index contributed by atoms with van der Waals surface area (Å²) in [7, 11) is 0. The maximum absolute atomic E-state index is 12.1. The summed E-state index contributed by atoms with van der Waals surface area (Å²) in [6.45, 7) is 6.21. The summed E-state index contributed by atoms with van der Waals surface area (Å²) in [5.41, 5.74) is 1.88. The van der Waals surface area contributed by atoms with Crippen molar-refractivity contribution < 1.29 is 24.0 Å². The number of ether oxygens (including phenoxy) is 2. The average molecular weight is 429 g/mol. The summed E-state index contributed by atoms with van der Waals surface area (Å²) in [5.74, 6) is -0.210. The molecular formula is C18H25ClN4O6. The number of nitrogens with one attached hydrogen (secondary N) is 2. The average Bonchev–Trinajstić information content (AvgIpc) is 2.61. The van der Waals surface area contributed by atoms with Crippen molar-refractivity contribution in [1.29, 1.82) is 0 Å². The summed E-state index contributed by atoms with van der Waals surface area (Å²) in [5, 5.41) is 15.4. The molecule has 0 radical (unpaired) electrons. The summed E-state index contributed by atoms with van der Waals surface area (Å²) in [6, 6.07) is 3.94. The van der Waals surface area contributed by atoms with E-state index in [0.29, 0.717) is 25.9 Å². The molecule has 2 amide bonds. The fraction of sp³-hybridized carbons (Fsp3) is 0.556. The number of rotatable bonds is 6. The van der Waals surface area contributed by atoms with Crippen molar-refractivity contribution in [1.82, 2.24) is 15.8 Å². The second kappa shape index (κ2) is 9.75. The molecular weight excluding hydrogens is 404 g/mol. The molecule has 0 atom stereocenters. The Bertz CT molecular complexity index is 759. The number of nitrogens with zero attached hydrogens (tertiary/aromatic N) is 2. The number of carbonyl (C=O) groups excluding carboxylic acids is 2. The van der Waals surface area contributed by atoms with Gasteiger partial charge in [-0.25, -0.2) is 9.80 Å². The Morgan fingerprint density at radius 3 is 2.55 bits per heavy atom. The third-order valence-electron chi connectivity index (χ3n) is 3.98. The van der Waals surface area contributed by atoms with Crippen LogP contribution in [0.2, 0.25) is 5.02 Å². The van der Waals surface area contributed by atoms with Crippen LogP contribution in [-0.4, -0.2) is 53.3 Å². The molecule has 0 aromatic heterocycles. The highest BCUT2D eigenvalue weighted by Gasteiger charge is 2.24. The van der Waals surface area contributed by atoms with Crippen LogP contribution in [0.15, 0.2) is 18.2 Å². The summed E-state index contributed by atoms with van der Waals surface area (Å²) in [4.78, 5) is 34.1. The molecule has 11 heteroatoms. The lowest BCUT2D eigenvalue weighted by Crippen LogP contribution is -2.52. The van der Waals surface area contributed by atoms with Crippen molar-refractivity contribution in [2.75, 3.05) is 19.7 Å². The maximum atomic E-state index is 12.1. The first-order valence-electron chi connectivity index (χ1n) is 9.14. The number of carbonyl (C=O) groups is 2. The lowest BCUT2D eigenvalue weighted by molar-refractivity contribution is -0.384. The normalized spacial score (nSPS) is 15.4. The molecule has 1 saturated heterocycles. The van der Waals surface area contributed by atoms with Gasteiger partial charge < -0.3 is 14.8 Å². The van der Waals surface area contributed by atoms with Gasteiger partial charge >= 0.3 is 6.09 Å². The first-order valence-corrected chi connectivity index (χ1v) is 9.52. The van der Waals surface area contributed by atoms with Gasteiger partial charge in [-0.3, -0.25) is 20.3 Å². The van der Waals surface area contributed by atoms with Crippen molar-refractivity contribution in [3.05, 3.63) is 33.3 Å². The van der Waals surface area contributed by atoms with Crippen LogP contribution in [0.1, 0.15) is 33.6 Å². The van der Waals surface area contributed by atoms with Crippen molar-refractivity contribution in [2.45, 2.75) is 45.3 Å². The SMILES string of the molecule is CC(C)(C)OC(=O)NC1CCN(NC(=O)COc2ccc(Cl)c([N+](=O)[O-])c2)CC1. The van der Waals surface area contributed by atoms with Gasteiger partial charge in [0, 0.05) is 19.1 Å². The van der Waals surface area contributed by atoms with E-state index < -0.39 is 16.6 Å². The number of nitro benzene ring substituents is 1. The Balaban J connectivity index is 1.73. The molecule has 0 unspecified atom stereocenters. The number of hydrogen-bond donors (Lipinski definition) is 2. The van der Waals surface area contributed by atoms with Gasteiger partial charge in [0.1, 0.15) is 16.4 Å². The lowest BCUT2D eigenvalue weighted by Gasteiger charge is -2.32. The fourth-order valence-electron chi connectivity index (χ4n) is 2.69. The Morgan fingerprint density at radius 2 is 1.97 bits per heavy atom. The van der Waals surface area contributed by atoms with E-state index in [1.54, 1.807) is 25.8 Å². The highest BCUT2D eigenvalue weighted by atomic mass is 35.5. The molecule has 2 N–H and O–H groups in total. The number of halogens is 1. The number of hydrogen-bond acceptors (Lipinski definition) is 7. The van der Waals surface area contributed by atoms with Gasteiger partial charge in [-0.15, -0.1) is 0 Å². The Hall–Kier alpha value is -2.59. The summed E-state index contributed by atoms with van der Waals surface area (Å²) < 4.78 is 10.5. The number of nitro groups is 1. The van der Waals surface area contributed by atoms with Crippen LogP contribution in [0.5, 0.6) is 5.75 Å². The van der Waals surface area contributed by atoms with Crippen LogP contribution < -0.4 is 15.5 Å². The van der Waals surface area contributed by atoms with Gasteiger partial charge in [-0.2, -0.15) is 0 Å². The van der Waals surface area contributed by atoms with Gasteiger partial charge in [0.15, 0.2) is 6.61 Å². The van der Waals surface area contributed by atoms with Crippen LogP contribution in [0.25, 0.3) is 0 Å². The quantitative estimate of drug-likeness (QED) is 0.527. The minimum atomic E-state index is -0.620. The van der Waals surface area contributed by atoms with Gasteiger partial charge in [-0.1, -0.05) is 11.6 Å². The number of hydrazine groups is 1. The largest absolute Gasteiger partial charge is 0.483 e. The monoisotopic (exact) mass is 428 g/mol. The molecule has 0 bridgehead atoms. The van der Waals surface area contributed by atoms with E-state index in [9.17, 15) is 19.7 Å². The van der Waals surface area contributed by atoms with E-state index in [1.807, 2.05) is 0 Å². The van der Waals surface area contributed by atoms with E-state index in [2.05, 4.69) is 10.7 Å². The first-order chi connectivity index (χ1) is 13.5. The van der Waals surface area contributed by atoms with Crippen LogP contribution >= 0.6 is 11.6 Å². The van der Waals surface area contributed by atoms with Crippen molar-refractivity contribution in [3.8, 4) is 5.75 Å². The predicted octanol–water partition coefficient (Wildman–Crippen LogP) is 2.65. The minimum Gasteiger partial charge on any atom is -0.483 e. The van der Waals surface area contributed by atoms with Gasteiger partial charge in [-0.05, 0) is 45.7 Å². The van der Waals surface area contributed by atoms with Crippen LogP contribution in [0.3, 0.4) is 0 Å². The van der Waals surface area contributed by atoms with Crippen LogP contribution in [-0.2, 0) is 9.53 Å². The Morgan fingerprint density at radius 1 is 1.31 bits per heavy atom. The highest BCUT2D eigenvalue weighted by molar-refractivity contribution is 6.32. The Labute approximate surface area is 173 Å². The predicted molar refractivity (Wildman–Crippen MR) is 106 cm³/mol. The lowest BCUT2D eigenvalue weighted by atomic mass is 10.1. The van der Waals surface area contributed by atoms with Gasteiger partial charge in [0.05, 0.1) is 11.0 Å². The molecule has 160 valence electrons. The molecule has 0 spiro atoms. The highest BCUT2D eigenvalue weighted by Crippen LogP contribution is 2.28. The number of piperidine rings is 1. The molecule has 0 aliphatic carbocycles. The fourth-order valence-corrected chi connectivity index (χ4v) is 2.88. The summed E-state index contributed by atoms with van der Waals surface area (Å²) >= 11 is 5.74. The second-order valence-electron chi connectivity index (χ2n) is 7.60. The third kappa shape index (κ3) is 7.74. The second-order valence-corrected chi connectivity index (χ2v) is 8.01. The van der Waals surface area contributed by atoms with E-state index in [-0.39, 0.29) is 35.0 Å². The van der Waals surface area contributed by atoms with E-state index in [0.717, 1.165) is 0 Å². The molecule has 2 rings (SSSR count). The third-order valence-corrected chi connectivity index (χ3v) is 4.30. The van der Waals surface area contributed by atoms with Gasteiger partial charge in [0.25, 0.3) is 11.6 Å². The van der Waals surface area contributed by atoms with E-state index >= 15 is 0 Å². The number of amides is 2. The molecule has 1 aliphatic rings. The molecule has 1 aromatic rings. The van der Waals surface area contributed by atoms with Gasteiger partial charge in [0.2, 0.25) is 0 Å². The molecule has 10 nitrogen and oxygen atoms in total. The standard InChI is InChI=1S/C18H25ClN4O6/c1-18(2,3)29-17(25)20-12-6-8-22(9-7-12)21-16(24)11-28-13-4-5-14(19)15(10-13)23(26)27/h4-5,10,12H,6-9,11H2,1-3H3,(H,20,25)(H,21,24). The molecule has 1 aliphatic heterocycles. The molecule has 1 aromatic carbocycles. The molecule has 1 fully saturated rings. The first kappa shape index (κ1) is 22.7. The van der Waals surface area contributed by atoms with Crippen LogP contribution in [0.4, 0.5) is 10.5 Å². The van der Waals surface area contributed by atoms with E-state index in [4.69, 9.17) is 21.1 Å². The van der Waals surface area contributed by atoms with Crippen molar-refractivity contribution in [3.63, 3.8) is 0 Å². The van der Waals surface area contributed by atoms with Crippen molar-refractivity contribution >= 4 is 29.3 Å². The smallest absolute Gasteiger partial charge is 0.407 e. The zero-order valence-corrected chi connectivity index (χ0v) is 17.3. The summed E-state index contributed by atoms with van der Waals surface area (Å²) in [6.07, 6.45) is 0.860. The van der Waals surface area contributed by atoms with E-state index in [1.165, 1.54) is 18.2 Å². The van der Waals surface area contributed by atoms with Crippen molar-refractivity contribution in [2.24, 2.45) is 0 Å². The maximum Gasteiger partial charge on any atom is 0.407 e. The zero-order valence-electron chi connectivity index (χ0n) is 16.6. The Kier molecular flexibility index (Phi) is 7.63. The zero-order chi connectivity index (χ0) is 21.6. The number of alkyl carbamates (subject to hydrolysis) is 1. The topological polar surface area (TPSA) is 123 Å².